The molecule has 0 saturated heterocycles. The Kier molecular flexibility index (Phi) is 5.35. The van der Waals surface area contributed by atoms with E-state index in [-0.39, 0.29) is 11.6 Å². The summed E-state index contributed by atoms with van der Waals surface area (Å²) in [5.74, 6) is -1.03. The Morgan fingerprint density at radius 1 is 1.48 bits per heavy atom. The molecule has 23 heavy (non-hydrogen) atoms. The molecular weight excluding hydrogens is 365 g/mol. The number of likely N-dealkylation sites (N-methyl/N-ethyl adjacent to an activating group) is 1. The predicted octanol–water partition coefficient (Wildman–Crippen LogP) is 2.43. The van der Waals surface area contributed by atoms with Crippen molar-refractivity contribution in [1.29, 1.82) is 0 Å². The van der Waals surface area contributed by atoms with Gasteiger partial charge < -0.3 is 5.32 Å². The van der Waals surface area contributed by atoms with Crippen LogP contribution in [0.2, 0.25) is 5.02 Å². The van der Waals surface area contributed by atoms with E-state index in [0.717, 1.165) is 10.6 Å². The quantitative estimate of drug-likeness (QED) is 0.867. The number of halogens is 2. The van der Waals surface area contributed by atoms with E-state index >= 15 is 0 Å². The van der Waals surface area contributed by atoms with Crippen LogP contribution in [0.5, 0.6) is 0 Å². The number of carbonyl (C=O) groups is 1. The summed E-state index contributed by atoms with van der Waals surface area (Å²) >= 11 is 6.89. The Morgan fingerprint density at radius 3 is 2.78 bits per heavy atom. The second kappa shape index (κ2) is 6.91. The highest BCUT2D eigenvalue weighted by atomic mass is 35.5. The van der Waals surface area contributed by atoms with Crippen LogP contribution in [0.3, 0.4) is 0 Å². The highest BCUT2D eigenvalue weighted by molar-refractivity contribution is 7.88. The summed E-state index contributed by atoms with van der Waals surface area (Å²) in [6, 6.07) is 4.20. The van der Waals surface area contributed by atoms with Crippen LogP contribution in [0.4, 0.5) is 9.52 Å². The highest BCUT2D eigenvalue weighted by Crippen LogP contribution is 2.28. The topological polar surface area (TPSA) is 79.4 Å². The van der Waals surface area contributed by atoms with Crippen molar-refractivity contribution >= 4 is 44.0 Å². The van der Waals surface area contributed by atoms with Gasteiger partial charge in [0.15, 0.2) is 5.13 Å². The summed E-state index contributed by atoms with van der Waals surface area (Å²) in [6.45, 7) is -0.309. The first kappa shape index (κ1) is 17.8. The lowest BCUT2D eigenvalue weighted by Gasteiger charge is -2.12. The normalized spacial score (nSPS) is 11.7. The maximum Gasteiger partial charge on any atom is 0.241 e. The van der Waals surface area contributed by atoms with Crippen molar-refractivity contribution in [3.05, 3.63) is 34.4 Å². The number of hydrogen-bond acceptors (Lipinski definition) is 5. The molecule has 0 aliphatic heterocycles. The van der Waals surface area contributed by atoms with Gasteiger partial charge in [0.1, 0.15) is 5.82 Å². The molecule has 0 spiro atoms. The van der Waals surface area contributed by atoms with E-state index in [4.69, 9.17) is 11.6 Å². The Balaban J connectivity index is 2.07. The number of amides is 1. The number of aromatic nitrogens is 1. The fourth-order valence-electron chi connectivity index (χ4n) is 1.60. The van der Waals surface area contributed by atoms with Crippen LogP contribution in [0, 0.1) is 5.82 Å². The van der Waals surface area contributed by atoms with Gasteiger partial charge in [0, 0.05) is 18.0 Å². The largest absolute Gasteiger partial charge is 0.301 e. The maximum absolute atomic E-state index is 13.1. The lowest BCUT2D eigenvalue weighted by Crippen LogP contribution is -2.34. The smallest absolute Gasteiger partial charge is 0.241 e. The molecule has 124 valence electrons. The summed E-state index contributed by atoms with van der Waals surface area (Å²) in [5, 5.41) is 4.49. The first-order valence-electron chi connectivity index (χ1n) is 6.29. The molecule has 0 fully saturated rings. The molecular formula is C13H13ClFN3O3S2. The summed E-state index contributed by atoms with van der Waals surface area (Å²) < 4.78 is 36.6. The first-order valence-corrected chi connectivity index (χ1v) is 9.39. The SMILES string of the molecule is CN(CC(=O)Nc1nc(-c2ccc(F)c(Cl)c2)cs1)S(C)(=O)=O. The number of nitrogens with zero attached hydrogens (tertiary/aromatic N) is 2. The summed E-state index contributed by atoms with van der Waals surface area (Å²) in [7, 11) is -2.12. The minimum atomic E-state index is -3.43. The molecule has 0 saturated carbocycles. The zero-order chi connectivity index (χ0) is 17.2. The number of carbonyl (C=O) groups excluding carboxylic acids is 1. The number of hydrogen-bond donors (Lipinski definition) is 1. The maximum atomic E-state index is 13.1. The fraction of sp³-hybridized carbons (Fsp3) is 0.231. The van der Waals surface area contributed by atoms with Crippen molar-refractivity contribution in [1.82, 2.24) is 9.29 Å². The van der Waals surface area contributed by atoms with Gasteiger partial charge in [0.25, 0.3) is 0 Å². The lowest BCUT2D eigenvalue weighted by molar-refractivity contribution is -0.116. The standard InChI is InChI=1S/C13H13ClFN3O3S2/c1-18(23(2,20)21)6-12(19)17-13-16-11(7-22-13)8-3-4-10(15)9(14)5-8/h3-5,7H,6H2,1-2H3,(H,16,17,19). The molecule has 0 radical (unpaired) electrons. The van der Waals surface area contributed by atoms with Gasteiger partial charge >= 0.3 is 0 Å². The highest BCUT2D eigenvalue weighted by Gasteiger charge is 2.16. The van der Waals surface area contributed by atoms with E-state index in [2.05, 4.69) is 10.3 Å². The average Bonchev–Trinajstić information content (AvgIpc) is 2.89. The molecule has 1 N–H and O–H groups in total. The number of anilines is 1. The average molecular weight is 378 g/mol. The molecule has 1 heterocycles. The van der Waals surface area contributed by atoms with E-state index in [1.54, 1.807) is 5.38 Å². The van der Waals surface area contributed by atoms with E-state index in [9.17, 15) is 17.6 Å². The third-order valence-corrected chi connectivity index (χ3v) is 5.21. The second-order valence-electron chi connectivity index (χ2n) is 4.73. The van der Waals surface area contributed by atoms with Crippen molar-refractivity contribution in [2.75, 3.05) is 25.2 Å². The molecule has 6 nitrogen and oxygen atoms in total. The Labute approximate surface area is 142 Å². The second-order valence-corrected chi connectivity index (χ2v) is 8.09. The van der Waals surface area contributed by atoms with E-state index in [1.807, 2.05) is 0 Å². The van der Waals surface area contributed by atoms with Gasteiger partial charge in [0.05, 0.1) is 23.5 Å². The lowest BCUT2D eigenvalue weighted by atomic mass is 10.2. The number of thiazole rings is 1. The molecule has 0 aliphatic rings. The fourth-order valence-corrected chi connectivity index (χ4v) is 2.87. The zero-order valence-electron chi connectivity index (χ0n) is 12.2. The van der Waals surface area contributed by atoms with Gasteiger partial charge in [-0.05, 0) is 18.2 Å². The number of rotatable bonds is 5. The first-order chi connectivity index (χ1) is 10.7. The third-order valence-electron chi connectivity index (χ3n) is 2.90. The van der Waals surface area contributed by atoms with Crippen LogP contribution in [0.1, 0.15) is 0 Å². The van der Waals surface area contributed by atoms with Crippen LogP contribution in [0.25, 0.3) is 11.3 Å². The van der Waals surface area contributed by atoms with Crippen LogP contribution < -0.4 is 5.32 Å². The van der Waals surface area contributed by atoms with Gasteiger partial charge in [-0.25, -0.2) is 17.8 Å². The summed E-state index contributed by atoms with van der Waals surface area (Å²) in [6.07, 6.45) is 1.01. The van der Waals surface area contributed by atoms with Gasteiger partial charge in [-0.1, -0.05) is 11.6 Å². The van der Waals surface area contributed by atoms with Crippen molar-refractivity contribution in [2.24, 2.45) is 0 Å². The van der Waals surface area contributed by atoms with Gasteiger partial charge in [0.2, 0.25) is 15.9 Å². The van der Waals surface area contributed by atoms with E-state index in [0.29, 0.717) is 16.4 Å². The van der Waals surface area contributed by atoms with Crippen molar-refractivity contribution in [2.45, 2.75) is 0 Å². The van der Waals surface area contributed by atoms with Gasteiger partial charge in [-0.3, -0.25) is 4.79 Å². The number of nitrogens with one attached hydrogen (secondary N) is 1. The Hall–Kier alpha value is -1.55. The van der Waals surface area contributed by atoms with Crippen molar-refractivity contribution in [3.8, 4) is 11.3 Å². The summed E-state index contributed by atoms with van der Waals surface area (Å²) in [4.78, 5) is 16.0. The molecule has 10 heteroatoms. The Morgan fingerprint density at radius 2 is 2.17 bits per heavy atom. The van der Waals surface area contributed by atoms with E-state index in [1.165, 1.54) is 36.6 Å². The number of sulfonamides is 1. The van der Waals surface area contributed by atoms with Crippen LogP contribution in [-0.4, -0.2) is 43.5 Å². The molecule has 1 aromatic heterocycles. The number of benzene rings is 1. The van der Waals surface area contributed by atoms with Crippen LogP contribution in [-0.2, 0) is 14.8 Å². The summed E-state index contributed by atoms with van der Waals surface area (Å²) in [5.41, 5.74) is 1.14. The predicted molar refractivity (Wildman–Crippen MR) is 88.6 cm³/mol. The molecule has 0 unspecified atom stereocenters. The molecule has 2 rings (SSSR count). The van der Waals surface area contributed by atoms with Gasteiger partial charge in [-0.2, -0.15) is 4.31 Å². The minimum absolute atomic E-state index is 0.0177. The molecule has 1 amide bonds. The molecule has 0 aliphatic carbocycles. The van der Waals surface area contributed by atoms with Gasteiger partial charge in [-0.15, -0.1) is 11.3 Å². The molecule has 2 aromatic rings. The molecule has 0 bridgehead atoms. The van der Waals surface area contributed by atoms with E-state index < -0.39 is 21.7 Å². The van der Waals surface area contributed by atoms with Crippen LogP contribution >= 0.6 is 22.9 Å². The van der Waals surface area contributed by atoms with Crippen molar-refractivity contribution in [3.63, 3.8) is 0 Å². The zero-order valence-corrected chi connectivity index (χ0v) is 14.6. The molecule has 0 atom stereocenters. The third kappa shape index (κ3) is 4.71. The van der Waals surface area contributed by atoms with Crippen molar-refractivity contribution < 1.29 is 17.6 Å². The minimum Gasteiger partial charge on any atom is -0.301 e. The Bertz CT molecular complexity index is 839. The van der Waals surface area contributed by atoms with Crippen LogP contribution in [0.15, 0.2) is 23.6 Å². The monoisotopic (exact) mass is 377 g/mol. The molecule has 1 aromatic carbocycles.